The van der Waals surface area contributed by atoms with Crippen LogP contribution in [0.2, 0.25) is 0 Å². The van der Waals surface area contributed by atoms with Crippen LogP contribution >= 0.6 is 24.0 Å². The third-order valence-corrected chi connectivity index (χ3v) is 3.61. The van der Waals surface area contributed by atoms with Crippen molar-refractivity contribution in [3.63, 3.8) is 0 Å². The lowest BCUT2D eigenvalue weighted by molar-refractivity contribution is 0.180. The van der Waals surface area contributed by atoms with Crippen molar-refractivity contribution in [3.05, 3.63) is 0 Å². The molecule has 0 saturated heterocycles. The van der Waals surface area contributed by atoms with Crippen LogP contribution in [0.15, 0.2) is 4.99 Å². The van der Waals surface area contributed by atoms with Gasteiger partial charge in [-0.05, 0) is 13.5 Å². The molecule has 0 aliphatic rings. The van der Waals surface area contributed by atoms with Crippen molar-refractivity contribution in [2.24, 2.45) is 4.99 Å². The maximum atomic E-state index is 11.0. The van der Waals surface area contributed by atoms with Gasteiger partial charge in [0.15, 0.2) is 5.96 Å². The lowest BCUT2D eigenvalue weighted by Gasteiger charge is -2.18. The highest BCUT2D eigenvalue weighted by molar-refractivity contribution is 14.0. The molecule has 128 valence electrons. The van der Waals surface area contributed by atoms with Gasteiger partial charge in [0.05, 0.1) is 5.75 Å². The second kappa shape index (κ2) is 13.5. The molecule has 0 aromatic rings. The number of aliphatic imine (C=N–C) groups is 1. The molecule has 0 aromatic heterocycles. The molecule has 0 radical (unpaired) electrons. The molecule has 9 heteroatoms. The molecule has 0 aliphatic heterocycles. The monoisotopic (exact) mass is 436 g/mol. The summed E-state index contributed by atoms with van der Waals surface area (Å²) in [6.45, 7) is 3.75. The largest absolute Gasteiger partial charge is 0.385 e. The molecule has 0 unspecified atom stereocenters. The normalized spacial score (nSPS) is 12.1. The van der Waals surface area contributed by atoms with E-state index in [4.69, 9.17) is 4.74 Å². The molecule has 0 heterocycles. The average molecular weight is 436 g/mol. The molecule has 7 nitrogen and oxygen atoms in total. The Labute approximate surface area is 145 Å². The van der Waals surface area contributed by atoms with Gasteiger partial charge in [-0.15, -0.1) is 24.0 Å². The van der Waals surface area contributed by atoms with Gasteiger partial charge in [0.2, 0.25) is 0 Å². The molecule has 2 N–H and O–H groups in total. The number of rotatable bonds is 10. The molecule has 0 atom stereocenters. The molecule has 0 saturated carbocycles. The number of methoxy groups -OCH3 is 1. The summed E-state index contributed by atoms with van der Waals surface area (Å²) in [6, 6.07) is 0. The fourth-order valence-electron chi connectivity index (χ4n) is 1.53. The van der Waals surface area contributed by atoms with Crippen LogP contribution in [-0.4, -0.2) is 85.3 Å². The summed E-state index contributed by atoms with van der Waals surface area (Å²) in [5, 5.41) is 6.12. The topological polar surface area (TPSA) is 83.0 Å². The summed E-state index contributed by atoms with van der Waals surface area (Å²) in [7, 11) is 2.48. The minimum atomic E-state index is -2.94. The smallest absolute Gasteiger partial charge is 0.191 e. The molecule has 21 heavy (non-hydrogen) atoms. The first-order chi connectivity index (χ1) is 9.39. The fourth-order valence-corrected chi connectivity index (χ4v) is 2.00. The maximum absolute atomic E-state index is 11.0. The second-order valence-electron chi connectivity index (χ2n) is 4.71. The number of hydrogen-bond donors (Lipinski definition) is 2. The highest BCUT2D eigenvalue weighted by Crippen LogP contribution is 1.87. The molecule has 0 amide bonds. The SMILES string of the molecule is CN=C(NCCN(C)CCCOC)NCCS(C)(=O)=O.I. The van der Waals surface area contributed by atoms with E-state index in [-0.39, 0.29) is 29.7 Å². The number of sulfone groups is 1. The standard InChI is InChI=1S/C12H28N4O3S.HI/c1-13-12(15-7-11-20(4,17)18)14-6-9-16(2)8-5-10-19-3;/h5-11H2,1-4H3,(H2,13,14,15);1H. The van der Waals surface area contributed by atoms with Gasteiger partial charge in [-0.2, -0.15) is 0 Å². The van der Waals surface area contributed by atoms with E-state index in [9.17, 15) is 8.42 Å². The lowest BCUT2D eigenvalue weighted by atomic mass is 10.4. The molecule has 0 aliphatic carbocycles. The Morgan fingerprint density at radius 2 is 1.86 bits per heavy atom. The quantitative estimate of drug-likeness (QED) is 0.213. The van der Waals surface area contributed by atoms with Crippen molar-refractivity contribution in [3.8, 4) is 0 Å². The summed E-state index contributed by atoms with van der Waals surface area (Å²) in [4.78, 5) is 6.25. The summed E-state index contributed by atoms with van der Waals surface area (Å²) < 4.78 is 27.0. The molecule has 0 fully saturated rings. The molecular weight excluding hydrogens is 407 g/mol. The van der Waals surface area contributed by atoms with Crippen LogP contribution in [0.5, 0.6) is 0 Å². The molecule has 0 bridgehead atoms. The fraction of sp³-hybridized carbons (Fsp3) is 0.917. The van der Waals surface area contributed by atoms with Gasteiger partial charge in [-0.25, -0.2) is 8.42 Å². The predicted octanol–water partition coefficient (Wildman–Crippen LogP) is -0.218. The number of guanidine groups is 1. The van der Waals surface area contributed by atoms with Gasteiger partial charge in [0.25, 0.3) is 0 Å². The minimum Gasteiger partial charge on any atom is -0.385 e. The zero-order chi connectivity index (χ0) is 15.4. The van der Waals surface area contributed by atoms with E-state index in [0.29, 0.717) is 12.5 Å². The van der Waals surface area contributed by atoms with Crippen LogP contribution in [0.1, 0.15) is 6.42 Å². The highest BCUT2D eigenvalue weighted by Gasteiger charge is 2.03. The van der Waals surface area contributed by atoms with Crippen LogP contribution in [0.25, 0.3) is 0 Å². The van der Waals surface area contributed by atoms with E-state index in [1.807, 2.05) is 0 Å². The molecule has 0 aromatic carbocycles. The first kappa shape index (κ1) is 23.1. The lowest BCUT2D eigenvalue weighted by Crippen LogP contribution is -2.42. The summed E-state index contributed by atoms with van der Waals surface area (Å²) in [5.41, 5.74) is 0. The zero-order valence-electron chi connectivity index (χ0n) is 13.4. The Balaban J connectivity index is 0. The molecular formula is C12H29IN4O3S. The third kappa shape index (κ3) is 16.1. The van der Waals surface area contributed by atoms with Crippen LogP contribution in [-0.2, 0) is 14.6 Å². The van der Waals surface area contributed by atoms with Crippen molar-refractivity contribution in [2.75, 3.05) is 66.0 Å². The van der Waals surface area contributed by atoms with Crippen molar-refractivity contribution < 1.29 is 13.2 Å². The van der Waals surface area contributed by atoms with Gasteiger partial charge >= 0.3 is 0 Å². The highest BCUT2D eigenvalue weighted by atomic mass is 127. The third-order valence-electron chi connectivity index (χ3n) is 2.66. The minimum absolute atomic E-state index is 0. The number of halogens is 1. The maximum Gasteiger partial charge on any atom is 0.191 e. The van der Waals surface area contributed by atoms with E-state index in [1.54, 1.807) is 14.2 Å². The number of hydrogen-bond acceptors (Lipinski definition) is 5. The Morgan fingerprint density at radius 1 is 1.24 bits per heavy atom. The second-order valence-corrected chi connectivity index (χ2v) is 6.97. The van der Waals surface area contributed by atoms with E-state index in [2.05, 4.69) is 27.6 Å². The van der Waals surface area contributed by atoms with E-state index < -0.39 is 9.84 Å². The van der Waals surface area contributed by atoms with Gasteiger partial charge < -0.3 is 20.3 Å². The van der Waals surface area contributed by atoms with Gasteiger partial charge in [-0.1, -0.05) is 0 Å². The van der Waals surface area contributed by atoms with E-state index in [0.717, 1.165) is 32.7 Å². The Hall–Kier alpha value is -0.130. The van der Waals surface area contributed by atoms with Crippen LogP contribution in [0.4, 0.5) is 0 Å². The first-order valence-electron chi connectivity index (χ1n) is 6.68. The van der Waals surface area contributed by atoms with Gasteiger partial charge in [0.1, 0.15) is 9.84 Å². The van der Waals surface area contributed by atoms with Crippen LogP contribution in [0.3, 0.4) is 0 Å². The summed E-state index contributed by atoms with van der Waals surface area (Å²) >= 11 is 0. The van der Waals surface area contributed by atoms with Crippen molar-refractivity contribution in [2.45, 2.75) is 6.42 Å². The zero-order valence-corrected chi connectivity index (χ0v) is 16.5. The summed E-state index contributed by atoms with van der Waals surface area (Å²) in [6.07, 6.45) is 2.23. The summed E-state index contributed by atoms with van der Waals surface area (Å²) in [5.74, 6) is 0.726. The Morgan fingerprint density at radius 3 is 2.38 bits per heavy atom. The number of ether oxygens (including phenoxy) is 1. The average Bonchev–Trinajstić information content (AvgIpc) is 2.36. The number of nitrogens with one attached hydrogen (secondary N) is 2. The first-order valence-corrected chi connectivity index (χ1v) is 8.75. The van der Waals surface area contributed by atoms with Crippen molar-refractivity contribution >= 4 is 39.8 Å². The van der Waals surface area contributed by atoms with Crippen molar-refractivity contribution in [1.29, 1.82) is 0 Å². The number of nitrogens with zero attached hydrogens (tertiary/aromatic N) is 2. The van der Waals surface area contributed by atoms with E-state index >= 15 is 0 Å². The van der Waals surface area contributed by atoms with Crippen LogP contribution in [0, 0.1) is 0 Å². The van der Waals surface area contributed by atoms with Gasteiger partial charge in [0, 0.05) is 53.2 Å². The van der Waals surface area contributed by atoms with Crippen molar-refractivity contribution in [1.82, 2.24) is 15.5 Å². The predicted molar refractivity (Wildman–Crippen MR) is 98.5 cm³/mol. The Kier molecular flexibility index (Phi) is 14.9. The van der Waals surface area contributed by atoms with Crippen LogP contribution < -0.4 is 10.6 Å². The Bertz CT molecular complexity index is 377. The van der Waals surface area contributed by atoms with Gasteiger partial charge in [-0.3, -0.25) is 4.99 Å². The molecule has 0 spiro atoms. The molecule has 0 rings (SSSR count). The number of likely N-dealkylation sites (N-methyl/N-ethyl adjacent to an activating group) is 1. The van der Waals surface area contributed by atoms with E-state index in [1.165, 1.54) is 6.26 Å².